The first kappa shape index (κ1) is 21.5. The van der Waals surface area contributed by atoms with E-state index in [4.69, 9.17) is 0 Å². The number of hydrogen-bond donors (Lipinski definition) is 3. The zero-order chi connectivity index (χ0) is 22.8. The molecule has 0 spiro atoms. The summed E-state index contributed by atoms with van der Waals surface area (Å²) in [4.78, 5) is 17.8. The largest absolute Gasteiger partial charge is 0.478 e. The van der Waals surface area contributed by atoms with Gasteiger partial charge in [0, 0.05) is 37.2 Å². The number of nitrogens with one attached hydrogen (secondary N) is 2. The number of fused-ring (bicyclic) bond motifs is 1. The van der Waals surface area contributed by atoms with Gasteiger partial charge in [-0.2, -0.15) is 0 Å². The highest BCUT2D eigenvalue weighted by molar-refractivity contribution is 5.93. The number of carboxylic acid groups (broad SMARTS) is 1. The van der Waals surface area contributed by atoms with Gasteiger partial charge in [0.05, 0.1) is 17.4 Å². The third-order valence-corrected chi connectivity index (χ3v) is 6.77. The minimum Gasteiger partial charge on any atom is -0.478 e. The highest BCUT2D eigenvalue weighted by Gasteiger charge is 2.22. The van der Waals surface area contributed by atoms with Gasteiger partial charge in [0.15, 0.2) is 0 Å². The van der Waals surface area contributed by atoms with Gasteiger partial charge in [-0.1, -0.05) is 18.2 Å². The van der Waals surface area contributed by atoms with Crippen LogP contribution in [-0.2, 0) is 12.8 Å². The molecule has 5 rings (SSSR count). The summed E-state index contributed by atoms with van der Waals surface area (Å²) in [5, 5.41) is 16.2. The molecule has 170 valence electrons. The zero-order valence-electron chi connectivity index (χ0n) is 18.9. The molecule has 6 nitrogen and oxygen atoms in total. The summed E-state index contributed by atoms with van der Waals surface area (Å²) in [5.41, 5.74) is 7.17. The second-order valence-electron chi connectivity index (χ2n) is 9.12. The fraction of sp³-hybridized carbons (Fsp3) is 0.333. The van der Waals surface area contributed by atoms with Gasteiger partial charge >= 0.3 is 5.97 Å². The number of pyridine rings is 1. The molecule has 0 saturated heterocycles. The van der Waals surface area contributed by atoms with Crippen LogP contribution in [0.2, 0.25) is 0 Å². The number of nitrogens with zero attached hydrogens (tertiary/aromatic N) is 2. The lowest BCUT2D eigenvalue weighted by molar-refractivity contribution is 0.0697. The van der Waals surface area contributed by atoms with E-state index in [2.05, 4.69) is 70.0 Å². The Morgan fingerprint density at radius 2 is 1.94 bits per heavy atom. The molecule has 1 aromatic heterocycles. The molecule has 1 aliphatic heterocycles. The number of benzene rings is 2. The lowest BCUT2D eigenvalue weighted by atomic mass is 9.93. The molecular formula is C27H30N4O2. The van der Waals surface area contributed by atoms with Gasteiger partial charge in [0.2, 0.25) is 0 Å². The lowest BCUT2D eigenvalue weighted by Crippen LogP contribution is -2.34. The van der Waals surface area contributed by atoms with Crippen molar-refractivity contribution in [1.29, 1.82) is 0 Å². The lowest BCUT2D eigenvalue weighted by Gasteiger charge is -2.29. The van der Waals surface area contributed by atoms with Crippen molar-refractivity contribution in [1.82, 2.24) is 10.3 Å². The Morgan fingerprint density at radius 1 is 1.15 bits per heavy atom. The van der Waals surface area contributed by atoms with Gasteiger partial charge in [-0.15, -0.1) is 0 Å². The van der Waals surface area contributed by atoms with Crippen LogP contribution in [0.3, 0.4) is 0 Å². The Kier molecular flexibility index (Phi) is 6.01. The van der Waals surface area contributed by atoms with Crippen LogP contribution < -0.4 is 15.5 Å². The number of aromatic nitrogens is 1. The summed E-state index contributed by atoms with van der Waals surface area (Å²) in [7, 11) is 2.12. The van der Waals surface area contributed by atoms with Crippen molar-refractivity contribution in [2.45, 2.75) is 31.7 Å². The van der Waals surface area contributed by atoms with Crippen molar-refractivity contribution in [3.05, 3.63) is 83.2 Å². The molecule has 0 radical (unpaired) electrons. The maximum Gasteiger partial charge on any atom is 0.337 e. The Morgan fingerprint density at radius 3 is 2.70 bits per heavy atom. The molecule has 3 N–H and O–H groups in total. The van der Waals surface area contributed by atoms with Crippen LogP contribution in [0.1, 0.15) is 45.9 Å². The first-order valence-corrected chi connectivity index (χ1v) is 11.7. The Bertz CT molecular complexity index is 1140. The first-order valence-electron chi connectivity index (χ1n) is 11.7. The molecule has 1 saturated carbocycles. The highest BCUT2D eigenvalue weighted by atomic mass is 16.4. The van der Waals surface area contributed by atoms with Gasteiger partial charge in [0.1, 0.15) is 0 Å². The van der Waals surface area contributed by atoms with E-state index in [9.17, 15) is 9.90 Å². The number of carboxylic acids is 1. The van der Waals surface area contributed by atoms with Gasteiger partial charge < -0.3 is 20.6 Å². The summed E-state index contributed by atoms with van der Waals surface area (Å²) < 4.78 is 0. The van der Waals surface area contributed by atoms with Gasteiger partial charge in [-0.3, -0.25) is 4.98 Å². The van der Waals surface area contributed by atoms with E-state index >= 15 is 0 Å². The van der Waals surface area contributed by atoms with E-state index in [0.717, 1.165) is 18.9 Å². The predicted molar refractivity (Wildman–Crippen MR) is 132 cm³/mol. The van der Waals surface area contributed by atoms with Gasteiger partial charge in [-0.05, 0) is 85.2 Å². The molecule has 2 heterocycles. The summed E-state index contributed by atoms with van der Waals surface area (Å²) in [6.45, 7) is 1.48. The smallest absolute Gasteiger partial charge is 0.337 e. The van der Waals surface area contributed by atoms with Gasteiger partial charge in [0.25, 0.3) is 0 Å². The number of aromatic carboxylic acids is 1. The average molecular weight is 443 g/mol. The Labute approximate surface area is 194 Å². The van der Waals surface area contributed by atoms with E-state index in [0.29, 0.717) is 12.2 Å². The quantitative estimate of drug-likeness (QED) is 0.465. The third-order valence-electron chi connectivity index (χ3n) is 6.77. The first-order chi connectivity index (χ1) is 16.1. The minimum atomic E-state index is -0.954. The predicted octanol–water partition coefficient (Wildman–Crippen LogP) is 4.80. The minimum absolute atomic E-state index is 0.108. The fourth-order valence-electron chi connectivity index (χ4n) is 4.62. The molecule has 2 aliphatic rings. The van der Waals surface area contributed by atoms with Crippen molar-refractivity contribution < 1.29 is 9.90 Å². The normalized spacial score (nSPS) is 17.3. The topological polar surface area (TPSA) is 77.5 Å². The van der Waals surface area contributed by atoms with Crippen LogP contribution in [0, 0.1) is 5.92 Å². The number of anilines is 3. The van der Waals surface area contributed by atoms with Crippen LogP contribution in [0.5, 0.6) is 0 Å². The van der Waals surface area contributed by atoms with E-state index in [-0.39, 0.29) is 11.6 Å². The van der Waals surface area contributed by atoms with Crippen molar-refractivity contribution in [3.63, 3.8) is 0 Å². The van der Waals surface area contributed by atoms with E-state index in [1.54, 1.807) is 6.20 Å². The second kappa shape index (κ2) is 9.24. The van der Waals surface area contributed by atoms with Crippen LogP contribution >= 0.6 is 0 Å². The monoisotopic (exact) mass is 442 g/mol. The number of carbonyl (C=O) groups is 1. The molecule has 1 atom stereocenters. The highest BCUT2D eigenvalue weighted by Crippen LogP contribution is 2.34. The molecular weight excluding hydrogens is 412 g/mol. The average Bonchev–Trinajstić information content (AvgIpc) is 3.66. The summed E-state index contributed by atoms with van der Waals surface area (Å²) in [6.07, 6.45) is 8.01. The molecule has 2 aromatic carbocycles. The summed E-state index contributed by atoms with van der Waals surface area (Å²) in [5.74, 6) is -0.0516. The third kappa shape index (κ3) is 4.86. The summed E-state index contributed by atoms with van der Waals surface area (Å²) in [6, 6.07) is 17.2. The number of rotatable bonds is 8. The fourth-order valence-corrected chi connectivity index (χ4v) is 4.62. The Hall–Kier alpha value is -3.38. The van der Waals surface area contributed by atoms with E-state index in [1.807, 2.05) is 0 Å². The van der Waals surface area contributed by atoms with Crippen LogP contribution in [-0.4, -0.2) is 36.2 Å². The van der Waals surface area contributed by atoms with E-state index in [1.165, 1.54) is 59.6 Å². The number of hydrogen-bond acceptors (Lipinski definition) is 5. The van der Waals surface area contributed by atoms with Gasteiger partial charge in [-0.25, -0.2) is 4.79 Å². The van der Waals surface area contributed by atoms with Crippen molar-refractivity contribution in [2.75, 3.05) is 30.4 Å². The Balaban J connectivity index is 1.29. The molecule has 3 aromatic rings. The second-order valence-corrected chi connectivity index (χ2v) is 9.12. The molecule has 1 aliphatic carbocycles. The van der Waals surface area contributed by atoms with E-state index < -0.39 is 5.97 Å². The standard InChI is InChI=1S/C27H30N4O2/c1-31(21-6-4-19(5-7-21)14-18-2-3-18)22-8-9-23-20(15-22)10-13-29-26(23)17-30-25-16-28-12-11-24(25)27(32)33/h4-9,11-12,15-16,18,26,29-30H,2-3,10,13-14,17H2,1H3,(H,32,33). The molecule has 0 bridgehead atoms. The maximum atomic E-state index is 11.5. The maximum absolute atomic E-state index is 11.5. The van der Waals surface area contributed by atoms with Crippen molar-refractivity contribution in [3.8, 4) is 0 Å². The molecule has 1 unspecified atom stereocenters. The molecule has 1 fully saturated rings. The van der Waals surface area contributed by atoms with Crippen molar-refractivity contribution >= 4 is 23.0 Å². The molecule has 6 heteroatoms. The SMILES string of the molecule is CN(c1ccc(CC2CC2)cc1)c1ccc2c(c1)CCNC2CNc1cnccc1C(=O)O. The summed E-state index contributed by atoms with van der Waals surface area (Å²) >= 11 is 0. The van der Waals surface area contributed by atoms with Crippen LogP contribution in [0.15, 0.2) is 60.9 Å². The van der Waals surface area contributed by atoms with Crippen LogP contribution in [0.25, 0.3) is 0 Å². The zero-order valence-corrected chi connectivity index (χ0v) is 18.9. The van der Waals surface area contributed by atoms with Crippen molar-refractivity contribution in [2.24, 2.45) is 5.92 Å². The molecule has 0 amide bonds. The molecule has 33 heavy (non-hydrogen) atoms. The van der Waals surface area contributed by atoms with Crippen LogP contribution in [0.4, 0.5) is 17.1 Å².